The van der Waals surface area contributed by atoms with E-state index in [4.69, 9.17) is 9.47 Å². The van der Waals surface area contributed by atoms with Gasteiger partial charge in [0.15, 0.2) is 0 Å². The molecule has 0 bridgehead atoms. The number of rotatable bonds is 10. The Balaban J connectivity index is 1.71. The number of hydrogen-bond donors (Lipinski definition) is 1. The van der Waals surface area contributed by atoms with Crippen molar-refractivity contribution < 1.29 is 14.3 Å². The zero-order valence-electron chi connectivity index (χ0n) is 16.3. The fourth-order valence-electron chi connectivity index (χ4n) is 3.14. The zero-order chi connectivity index (χ0) is 18.6. The van der Waals surface area contributed by atoms with Gasteiger partial charge in [-0.1, -0.05) is 39.2 Å². The smallest absolute Gasteiger partial charge is 0.411 e. The molecule has 1 heterocycles. The molecule has 1 aliphatic heterocycles. The topological polar surface area (TPSA) is 50.8 Å². The summed E-state index contributed by atoms with van der Waals surface area (Å²) in [5.74, 6) is 0.781. The van der Waals surface area contributed by atoms with Crippen molar-refractivity contribution in [1.29, 1.82) is 0 Å². The molecule has 1 aliphatic rings. The van der Waals surface area contributed by atoms with Crippen LogP contribution in [0.1, 0.15) is 58.8 Å². The van der Waals surface area contributed by atoms with Crippen molar-refractivity contribution in [2.75, 3.05) is 31.6 Å². The third-order valence-corrected chi connectivity index (χ3v) is 4.73. The quantitative estimate of drug-likeness (QED) is 0.591. The van der Waals surface area contributed by atoms with Crippen molar-refractivity contribution in [3.8, 4) is 5.75 Å². The van der Waals surface area contributed by atoms with Gasteiger partial charge in [-0.3, -0.25) is 5.32 Å². The van der Waals surface area contributed by atoms with Gasteiger partial charge in [-0.05, 0) is 44.4 Å². The summed E-state index contributed by atoms with van der Waals surface area (Å²) in [6.45, 7) is 8.27. The molecule has 0 aliphatic carbocycles. The molecule has 5 nitrogen and oxygen atoms in total. The summed E-state index contributed by atoms with van der Waals surface area (Å²) in [6, 6.07) is 7.50. The molecule has 5 heteroatoms. The third kappa shape index (κ3) is 7.65. The molecule has 0 saturated carbocycles. The molecule has 0 aromatic heterocycles. The van der Waals surface area contributed by atoms with Crippen LogP contribution in [0.15, 0.2) is 24.3 Å². The van der Waals surface area contributed by atoms with E-state index in [2.05, 4.69) is 24.1 Å². The van der Waals surface area contributed by atoms with Gasteiger partial charge >= 0.3 is 6.09 Å². The number of amides is 1. The average molecular weight is 363 g/mol. The van der Waals surface area contributed by atoms with Gasteiger partial charge < -0.3 is 14.4 Å². The van der Waals surface area contributed by atoms with E-state index in [9.17, 15) is 4.79 Å². The third-order valence-electron chi connectivity index (χ3n) is 4.73. The first-order valence-corrected chi connectivity index (χ1v) is 10.1. The van der Waals surface area contributed by atoms with Gasteiger partial charge in [0.2, 0.25) is 0 Å². The molecule has 1 aromatic rings. The van der Waals surface area contributed by atoms with Crippen LogP contribution in [0.5, 0.6) is 5.75 Å². The van der Waals surface area contributed by atoms with Crippen molar-refractivity contribution >= 4 is 11.8 Å². The minimum atomic E-state index is -0.375. The van der Waals surface area contributed by atoms with Crippen LogP contribution in [0.2, 0.25) is 0 Å². The SMILES string of the molecule is CCCCCOc1cccc(NC(=O)OC2CCN(CCCC)CC2)c1. The summed E-state index contributed by atoms with van der Waals surface area (Å²) in [5.41, 5.74) is 0.711. The molecular weight excluding hydrogens is 328 g/mol. The Labute approximate surface area is 158 Å². The Morgan fingerprint density at radius 1 is 1.15 bits per heavy atom. The summed E-state index contributed by atoms with van der Waals surface area (Å²) in [7, 11) is 0. The standard InChI is InChI=1S/C21H34N2O3/c1-3-5-7-16-25-20-10-8-9-18(17-20)22-21(24)26-19-11-14-23(15-12-19)13-6-4-2/h8-10,17,19H,3-7,11-16H2,1-2H3,(H,22,24). The maximum absolute atomic E-state index is 12.2. The largest absolute Gasteiger partial charge is 0.494 e. The number of anilines is 1. The molecule has 146 valence electrons. The molecule has 0 unspecified atom stereocenters. The van der Waals surface area contributed by atoms with Crippen LogP contribution in [0.3, 0.4) is 0 Å². The second-order valence-electron chi connectivity index (χ2n) is 7.01. The predicted octanol–water partition coefficient (Wildman–Crippen LogP) is 5.07. The summed E-state index contributed by atoms with van der Waals surface area (Å²) in [4.78, 5) is 14.6. The molecule has 0 atom stereocenters. The minimum absolute atomic E-state index is 0.0151. The first-order valence-electron chi connectivity index (χ1n) is 10.1. The van der Waals surface area contributed by atoms with Crippen LogP contribution < -0.4 is 10.1 Å². The van der Waals surface area contributed by atoms with Crippen molar-refractivity contribution in [2.45, 2.75) is 64.9 Å². The van der Waals surface area contributed by atoms with Gasteiger partial charge in [-0.15, -0.1) is 0 Å². The van der Waals surface area contributed by atoms with Gasteiger partial charge in [0.1, 0.15) is 11.9 Å². The number of carbonyl (C=O) groups is 1. The van der Waals surface area contributed by atoms with Crippen LogP contribution in [-0.2, 0) is 4.74 Å². The van der Waals surface area contributed by atoms with Gasteiger partial charge in [-0.25, -0.2) is 4.79 Å². The maximum Gasteiger partial charge on any atom is 0.411 e. The second kappa shape index (κ2) is 11.8. The van der Waals surface area contributed by atoms with Crippen LogP contribution in [0.25, 0.3) is 0 Å². The lowest BCUT2D eigenvalue weighted by Gasteiger charge is -2.31. The van der Waals surface area contributed by atoms with Gasteiger partial charge in [0.25, 0.3) is 0 Å². The highest BCUT2D eigenvalue weighted by Gasteiger charge is 2.22. The van der Waals surface area contributed by atoms with E-state index < -0.39 is 0 Å². The number of piperidine rings is 1. The van der Waals surface area contributed by atoms with E-state index in [-0.39, 0.29) is 12.2 Å². The summed E-state index contributed by atoms with van der Waals surface area (Å²) in [5, 5.41) is 2.82. The Hall–Kier alpha value is -1.75. The number of benzene rings is 1. The lowest BCUT2D eigenvalue weighted by atomic mass is 10.1. The maximum atomic E-state index is 12.2. The number of unbranched alkanes of at least 4 members (excludes halogenated alkanes) is 3. The molecule has 1 saturated heterocycles. The number of nitrogens with one attached hydrogen (secondary N) is 1. The zero-order valence-corrected chi connectivity index (χ0v) is 16.3. The molecule has 1 N–H and O–H groups in total. The number of carbonyl (C=O) groups excluding carboxylic acids is 1. The Morgan fingerprint density at radius 2 is 1.92 bits per heavy atom. The fourth-order valence-corrected chi connectivity index (χ4v) is 3.14. The monoisotopic (exact) mass is 362 g/mol. The van der Waals surface area contributed by atoms with Crippen LogP contribution in [0, 0.1) is 0 Å². The van der Waals surface area contributed by atoms with E-state index >= 15 is 0 Å². The highest BCUT2D eigenvalue weighted by atomic mass is 16.6. The number of ether oxygens (including phenoxy) is 2. The lowest BCUT2D eigenvalue weighted by Crippen LogP contribution is -2.38. The highest BCUT2D eigenvalue weighted by Crippen LogP contribution is 2.19. The van der Waals surface area contributed by atoms with E-state index in [1.54, 1.807) is 0 Å². The minimum Gasteiger partial charge on any atom is -0.494 e. The van der Waals surface area contributed by atoms with Gasteiger partial charge in [-0.2, -0.15) is 0 Å². The summed E-state index contributed by atoms with van der Waals surface area (Å²) >= 11 is 0. The molecule has 26 heavy (non-hydrogen) atoms. The van der Waals surface area contributed by atoms with E-state index in [1.807, 2.05) is 24.3 Å². The van der Waals surface area contributed by atoms with Gasteiger partial charge in [0, 0.05) is 24.8 Å². The molecule has 1 amide bonds. The van der Waals surface area contributed by atoms with Crippen LogP contribution >= 0.6 is 0 Å². The number of hydrogen-bond acceptors (Lipinski definition) is 4. The Kier molecular flexibility index (Phi) is 9.32. The van der Waals surface area contributed by atoms with Gasteiger partial charge in [0.05, 0.1) is 6.61 Å². The van der Waals surface area contributed by atoms with Crippen molar-refractivity contribution in [1.82, 2.24) is 4.90 Å². The predicted molar refractivity (Wildman–Crippen MR) is 106 cm³/mol. The molecule has 2 rings (SSSR count). The first-order chi connectivity index (χ1) is 12.7. The van der Waals surface area contributed by atoms with Crippen LogP contribution in [-0.4, -0.2) is 43.3 Å². The molecule has 1 fully saturated rings. The number of nitrogens with zero attached hydrogens (tertiary/aromatic N) is 1. The average Bonchev–Trinajstić information content (AvgIpc) is 2.65. The molecule has 0 spiro atoms. The Bertz CT molecular complexity index is 528. The lowest BCUT2D eigenvalue weighted by molar-refractivity contribution is 0.0586. The van der Waals surface area contributed by atoms with E-state index in [0.29, 0.717) is 12.3 Å². The first kappa shape index (κ1) is 20.6. The molecule has 1 aromatic carbocycles. The number of likely N-dealkylation sites (tertiary alicyclic amines) is 1. The Morgan fingerprint density at radius 3 is 2.65 bits per heavy atom. The van der Waals surface area contributed by atoms with Crippen molar-refractivity contribution in [2.24, 2.45) is 0 Å². The highest BCUT2D eigenvalue weighted by molar-refractivity contribution is 5.84. The molecular formula is C21H34N2O3. The fraction of sp³-hybridized carbons (Fsp3) is 0.667. The summed E-state index contributed by atoms with van der Waals surface area (Å²) < 4.78 is 11.3. The van der Waals surface area contributed by atoms with E-state index in [1.165, 1.54) is 25.7 Å². The van der Waals surface area contributed by atoms with Crippen LogP contribution in [0.4, 0.5) is 10.5 Å². The molecule has 0 radical (unpaired) electrons. The normalized spacial score (nSPS) is 15.6. The second-order valence-corrected chi connectivity index (χ2v) is 7.01. The van der Waals surface area contributed by atoms with Crippen molar-refractivity contribution in [3.63, 3.8) is 0 Å². The van der Waals surface area contributed by atoms with E-state index in [0.717, 1.165) is 44.6 Å². The van der Waals surface area contributed by atoms with Crippen molar-refractivity contribution in [3.05, 3.63) is 24.3 Å². The summed E-state index contributed by atoms with van der Waals surface area (Å²) in [6.07, 6.45) is 7.32.